The van der Waals surface area contributed by atoms with Gasteiger partial charge in [0.1, 0.15) is 6.54 Å². The van der Waals surface area contributed by atoms with Crippen molar-refractivity contribution in [3.05, 3.63) is 61.6 Å². The molecule has 1 N–H and O–H groups in total. The van der Waals surface area contributed by atoms with Crippen LogP contribution in [0.3, 0.4) is 0 Å². The van der Waals surface area contributed by atoms with Crippen LogP contribution in [0.5, 0.6) is 0 Å². The van der Waals surface area contributed by atoms with Crippen molar-refractivity contribution >= 4 is 5.69 Å². The van der Waals surface area contributed by atoms with Crippen molar-refractivity contribution in [2.45, 2.75) is 45.5 Å². The zero-order chi connectivity index (χ0) is 20.2. The Kier molecular flexibility index (Phi) is 6.42. The quantitative estimate of drug-likeness (QED) is 0.557. The van der Waals surface area contributed by atoms with Gasteiger partial charge in [0.2, 0.25) is 0 Å². The summed E-state index contributed by atoms with van der Waals surface area (Å²) in [6, 6.07) is 5.52. The van der Waals surface area contributed by atoms with Crippen LogP contribution in [-0.2, 0) is 25.9 Å². The highest BCUT2D eigenvalue weighted by atomic mass is 19.4. The average Bonchev–Trinajstić information content (AvgIpc) is 2.81. The van der Waals surface area contributed by atoms with Crippen LogP contribution in [0.1, 0.15) is 30.2 Å². The van der Waals surface area contributed by atoms with Crippen molar-refractivity contribution in [3.63, 3.8) is 0 Å². The fourth-order valence-electron chi connectivity index (χ4n) is 3.00. The molecule has 27 heavy (non-hydrogen) atoms. The summed E-state index contributed by atoms with van der Waals surface area (Å²) in [6.45, 7) is -0.131. The van der Waals surface area contributed by atoms with Crippen molar-refractivity contribution in [1.29, 1.82) is 0 Å². The Morgan fingerprint density at radius 3 is 2.30 bits per heavy atom. The lowest BCUT2D eigenvalue weighted by molar-refractivity contribution is -0.384. The van der Waals surface area contributed by atoms with Gasteiger partial charge in [0.15, 0.2) is 0 Å². The third kappa shape index (κ3) is 4.97. The number of hydrogen-bond acceptors (Lipinski definition) is 4. The summed E-state index contributed by atoms with van der Waals surface area (Å²) in [4.78, 5) is 22.8. The van der Waals surface area contributed by atoms with Gasteiger partial charge in [-0.15, -0.1) is 0 Å². The van der Waals surface area contributed by atoms with Gasteiger partial charge in [-0.2, -0.15) is 13.2 Å². The molecule has 0 amide bonds. The SMILES string of the molecule is CCCc1c(Cc2ccc([N+](=O)[O-])cc2)c(=O)n(CC(F)(F)F)n1CCO. The Morgan fingerprint density at radius 1 is 1.19 bits per heavy atom. The number of rotatable bonds is 8. The highest BCUT2D eigenvalue weighted by Gasteiger charge is 2.32. The molecule has 0 aliphatic rings. The molecule has 0 spiro atoms. The van der Waals surface area contributed by atoms with E-state index < -0.39 is 29.8 Å². The van der Waals surface area contributed by atoms with E-state index in [2.05, 4.69) is 0 Å². The largest absolute Gasteiger partial charge is 0.408 e. The topological polar surface area (TPSA) is 90.3 Å². The summed E-state index contributed by atoms with van der Waals surface area (Å²) in [6.07, 6.45) is -3.54. The predicted molar refractivity (Wildman–Crippen MR) is 91.7 cm³/mol. The second-order valence-corrected chi connectivity index (χ2v) is 6.10. The molecule has 7 nitrogen and oxygen atoms in total. The van der Waals surface area contributed by atoms with E-state index in [0.717, 1.165) is 0 Å². The molecule has 0 saturated carbocycles. The van der Waals surface area contributed by atoms with Gasteiger partial charge in [0, 0.05) is 29.8 Å². The molecule has 0 saturated heterocycles. The molecule has 148 valence electrons. The molecule has 0 unspecified atom stereocenters. The number of nitro groups is 1. The number of halogens is 3. The molecule has 0 atom stereocenters. The molecule has 0 radical (unpaired) electrons. The van der Waals surface area contributed by atoms with Crippen LogP contribution >= 0.6 is 0 Å². The first kappa shape index (κ1) is 20.7. The van der Waals surface area contributed by atoms with E-state index in [-0.39, 0.29) is 24.2 Å². The summed E-state index contributed by atoms with van der Waals surface area (Å²) in [7, 11) is 0. The number of non-ortho nitro benzene ring substituents is 1. The maximum Gasteiger partial charge on any atom is 0.408 e. The number of benzene rings is 1. The standard InChI is InChI=1S/C17H20F3N3O4/c1-2-3-15-14(10-12-4-6-13(7-5-12)23(26)27)16(25)22(11-17(18,19)20)21(15)8-9-24/h4-7,24H,2-3,8-11H2,1H3. The number of aromatic nitrogens is 2. The van der Waals surface area contributed by atoms with Crippen LogP contribution < -0.4 is 5.56 Å². The van der Waals surface area contributed by atoms with E-state index in [1.165, 1.54) is 28.9 Å². The molecule has 10 heteroatoms. The lowest BCUT2D eigenvalue weighted by Crippen LogP contribution is -2.32. The van der Waals surface area contributed by atoms with E-state index >= 15 is 0 Å². The Morgan fingerprint density at radius 2 is 1.81 bits per heavy atom. The summed E-state index contributed by atoms with van der Waals surface area (Å²) < 4.78 is 40.6. The normalized spacial score (nSPS) is 11.7. The van der Waals surface area contributed by atoms with E-state index in [1.54, 1.807) is 0 Å². The van der Waals surface area contributed by atoms with Crippen LogP contribution in [-0.4, -0.2) is 32.2 Å². The molecule has 0 aliphatic carbocycles. The van der Waals surface area contributed by atoms with Crippen molar-refractivity contribution in [1.82, 2.24) is 9.36 Å². The summed E-state index contributed by atoms with van der Waals surface area (Å²) in [5, 5.41) is 20.0. The van der Waals surface area contributed by atoms with Gasteiger partial charge in [-0.25, -0.2) is 4.68 Å². The monoisotopic (exact) mass is 387 g/mol. The second-order valence-electron chi connectivity index (χ2n) is 6.10. The summed E-state index contributed by atoms with van der Waals surface area (Å²) in [5.74, 6) is 0. The first-order valence-electron chi connectivity index (χ1n) is 8.40. The number of aliphatic hydroxyl groups is 1. The van der Waals surface area contributed by atoms with Crippen LogP contribution in [0, 0.1) is 10.1 Å². The second kappa shape index (κ2) is 8.38. The number of aliphatic hydroxyl groups excluding tert-OH is 1. The predicted octanol–water partition coefficient (Wildman–Crippen LogP) is 2.66. The number of nitrogens with zero attached hydrogens (tertiary/aromatic N) is 3. The third-order valence-electron chi connectivity index (χ3n) is 4.10. The molecule has 2 rings (SSSR count). The molecule has 0 aliphatic heterocycles. The van der Waals surface area contributed by atoms with Gasteiger partial charge >= 0.3 is 6.18 Å². The molecule has 2 aromatic rings. The Labute approximate surface area is 152 Å². The molecular weight excluding hydrogens is 367 g/mol. The van der Waals surface area contributed by atoms with E-state index in [9.17, 15) is 33.2 Å². The first-order chi connectivity index (χ1) is 12.7. The zero-order valence-electron chi connectivity index (χ0n) is 14.7. The van der Waals surface area contributed by atoms with E-state index in [1.807, 2.05) is 6.92 Å². The minimum Gasteiger partial charge on any atom is -0.394 e. The van der Waals surface area contributed by atoms with E-state index in [4.69, 9.17) is 0 Å². The number of alkyl halides is 3. The Balaban J connectivity index is 2.51. The van der Waals surface area contributed by atoms with Crippen LogP contribution in [0.2, 0.25) is 0 Å². The lowest BCUT2D eigenvalue weighted by atomic mass is 10.0. The smallest absolute Gasteiger partial charge is 0.394 e. The Bertz CT molecular complexity index is 854. The summed E-state index contributed by atoms with van der Waals surface area (Å²) >= 11 is 0. The van der Waals surface area contributed by atoms with Gasteiger partial charge < -0.3 is 5.11 Å². The van der Waals surface area contributed by atoms with Crippen LogP contribution in [0.4, 0.5) is 18.9 Å². The van der Waals surface area contributed by atoms with Crippen molar-refractivity contribution < 1.29 is 23.2 Å². The minimum absolute atomic E-state index is 0.0580. The van der Waals surface area contributed by atoms with Gasteiger partial charge in [-0.05, 0) is 12.0 Å². The van der Waals surface area contributed by atoms with E-state index in [0.29, 0.717) is 28.8 Å². The summed E-state index contributed by atoms with van der Waals surface area (Å²) in [5.41, 5.74) is 0.361. The lowest BCUT2D eigenvalue weighted by Gasteiger charge is -2.15. The minimum atomic E-state index is -4.58. The number of nitro benzene ring substituents is 1. The molecule has 1 aromatic carbocycles. The maximum atomic E-state index is 12.9. The fraction of sp³-hybridized carbons (Fsp3) is 0.471. The molecule has 1 heterocycles. The van der Waals surface area contributed by atoms with Crippen LogP contribution in [0.15, 0.2) is 29.1 Å². The van der Waals surface area contributed by atoms with Gasteiger partial charge in [-0.3, -0.25) is 19.6 Å². The van der Waals surface area contributed by atoms with Crippen molar-refractivity contribution in [3.8, 4) is 0 Å². The number of hydrogen-bond donors (Lipinski definition) is 1. The van der Waals surface area contributed by atoms with Gasteiger partial charge in [-0.1, -0.05) is 25.5 Å². The van der Waals surface area contributed by atoms with Crippen LogP contribution in [0.25, 0.3) is 0 Å². The van der Waals surface area contributed by atoms with Gasteiger partial charge in [0.25, 0.3) is 11.2 Å². The molecular formula is C17H20F3N3O4. The first-order valence-corrected chi connectivity index (χ1v) is 8.40. The highest BCUT2D eigenvalue weighted by Crippen LogP contribution is 2.21. The molecule has 0 fully saturated rings. The van der Waals surface area contributed by atoms with Gasteiger partial charge in [0.05, 0.1) is 18.1 Å². The van der Waals surface area contributed by atoms with Crippen molar-refractivity contribution in [2.75, 3.05) is 6.61 Å². The maximum absolute atomic E-state index is 12.9. The Hall–Kier alpha value is -2.62. The molecule has 1 aromatic heterocycles. The fourth-order valence-corrected chi connectivity index (χ4v) is 3.00. The zero-order valence-corrected chi connectivity index (χ0v) is 14.7. The van der Waals surface area contributed by atoms with Crippen molar-refractivity contribution in [2.24, 2.45) is 0 Å². The third-order valence-corrected chi connectivity index (χ3v) is 4.10. The molecule has 0 bridgehead atoms. The highest BCUT2D eigenvalue weighted by molar-refractivity contribution is 5.36. The average molecular weight is 387 g/mol.